The van der Waals surface area contributed by atoms with Gasteiger partial charge in [-0.15, -0.1) is 0 Å². The predicted molar refractivity (Wildman–Crippen MR) is 111 cm³/mol. The van der Waals surface area contributed by atoms with E-state index >= 15 is 0 Å². The molecule has 7 nitrogen and oxygen atoms in total. The molecule has 1 N–H and O–H groups in total. The summed E-state index contributed by atoms with van der Waals surface area (Å²) in [5.41, 5.74) is 0.877. The first-order valence-corrected chi connectivity index (χ1v) is 11.4. The van der Waals surface area contributed by atoms with Gasteiger partial charge in [0.05, 0.1) is 12.6 Å². The number of carbonyl (C=O) groups is 1. The van der Waals surface area contributed by atoms with E-state index < -0.39 is 26.6 Å². The van der Waals surface area contributed by atoms with Crippen LogP contribution in [-0.4, -0.2) is 56.4 Å². The Hall–Kier alpha value is -2.72. The molecule has 0 aromatic heterocycles. The van der Waals surface area contributed by atoms with Gasteiger partial charge in [-0.3, -0.25) is 0 Å². The minimum absolute atomic E-state index is 0.0140. The van der Waals surface area contributed by atoms with Gasteiger partial charge >= 0.3 is 6.03 Å². The highest BCUT2D eigenvalue weighted by atomic mass is 32.2. The maximum atomic E-state index is 14.0. The second-order valence-electron chi connectivity index (χ2n) is 7.14. The van der Waals surface area contributed by atoms with Crippen molar-refractivity contribution in [1.29, 1.82) is 0 Å². The molecular weight excluding hydrogens is 428 g/mol. The Labute approximate surface area is 180 Å². The lowest BCUT2D eigenvalue weighted by atomic mass is 10.1. The summed E-state index contributed by atoms with van der Waals surface area (Å²) in [6, 6.07) is 9.12. The van der Waals surface area contributed by atoms with Crippen molar-refractivity contribution in [3.8, 4) is 5.75 Å². The molecule has 10 heteroatoms. The summed E-state index contributed by atoms with van der Waals surface area (Å²) in [5.74, 6) is -1.13. The lowest BCUT2D eigenvalue weighted by molar-refractivity contribution is 0.169. The van der Waals surface area contributed by atoms with Gasteiger partial charge in [0.2, 0.25) is 10.0 Å². The molecule has 2 aromatic rings. The summed E-state index contributed by atoms with van der Waals surface area (Å²) in [7, 11) is -4.19. The van der Waals surface area contributed by atoms with Gasteiger partial charge in [-0.2, -0.15) is 4.31 Å². The maximum Gasteiger partial charge on any atom is 0.317 e. The summed E-state index contributed by atoms with van der Waals surface area (Å²) >= 11 is 0. The number of halogens is 2. The highest BCUT2D eigenvalue weighted by Crippen LogP contribution is 2.23. The number of sulfonamides is 1. The third-order valence-electron chi connectivity index (χ3n) is 5.05. The minimum atomic E-state index is -4.19. The lowest BCUT2D eigenvalue weighted by Crippen LogP contribution is -2.53. The van der Waals surface area contributed by atoms with Crippen LogP contribution >= 0.6 is 0 Å². The number of nitrogens with zero attached hydrogens (tertiary/aromatic N) is 2. The molecule has 1 heterocycles. The van der Waals surface area contributed by atoms with E-state index in [0.29, 0.717) is 18.4 Å². The van der Waals surface area contributed by atoms with Crippen LogP contribution in [0.2, 0.25) is 0 Å². The molecule has 3 rings (SSSR count). The van der Waals surface area contributed by atoms with E-state index in [0.717, 1.165) is 22.0 Å². The van der Waals surface area contributed by atoms with Crippen LogP contribution in [-0.2, 0) is 10.0 Å². The first-order chi connectivity index (χ1) is 14.7. The predicted octanol–water partition coefficient (Wildman–Crippen LogP) is 3.14. The summed E-state index contributed by atoms with van der Waals surface area (Å²) < 4.78 is 59.3. The van der Waals surface area contributed by atoms with E-state index in [1.165, 1.54) is 4.90 Å². The number of piperazine rings is 1. The zero-order chi connectivity index (χ0) is 22.6. The molecule has 1 unspecified atom stereocenters. The van der Waals surface area contributed by atoms with Crippen LogP contribution in [0.1, 0.15) is 25.5 Å². The molecule has 1 aliphatic heterocycles. The van der Waals surface area contributed by atoms with Crippen LogP contribution in [0.3, 0.4) is 0 Å². The first-order valence-electron chi connectivity index (χ1n) is 9.95. The van der Waals surface area contributed by atoms with E-state index in [-0.39, 0.29) is 38.3 Å². The Bertz CT molecular complexity index is 1040. The highest BCUT2D eigenvalue weighted by Gasteiger charge is 2.32. The second-order valence-corrected chi connectivity index (χ2v) is 9.05. The highest BCUT2D eigenvalue weighted by molar-refractivity contribution is 7.89. The van der Waals surface area contributed by atoms with E-state index in [1.54, 1.807) is 0 Å². The molecule has 0 radical (unpaired) electrons. The van der Waals surface area contributed by atoms with Crippen LogP contribution in [0.5, 0.6) is 5.75 Å². The Morgan fingerprint density at radius 2 is 1.84 bits per heavy atom. The molecule has 0 spiro atoms. The van der Waals surface area contributed by atoms with Crippen molar-refractivity contribution in [1.82, 2.24) is 14.5 Å². The van der Waals surface area contributed by atoms with Crippen molar-refractivity contribution >= 4 is 16.1 Å². The summed E-state index contributed by atoms with van der Waals surface area (Å²) in [5, 5.41) is 2.89. The first kappa shape index (κ1) is 23.0. The zero-order valence-electron chi connectivity index (χ0n) is 17.3. The quantitative estimate of drug-likeness (QED) is 0.729. The van der Waals surface area contributed by atoms with Crippen molar-refractivity contribution in [3.05, 3.63) is 59.7 Å². The fourth-order valence-electron chi connectivity index (χ4n) is 3.35. The van der Waals surface area contributed by atoms with Gasteiger partial charge in [-0.1, -0.05) is 12.1 Å². The van der Waals surface area contributed by atoms with Gasteiger partial charge in [-0.25, -0.2) is 22.0 Å². The van der Waals surface area contributed by atoms with Gasteiger partial charge in [-0.05, 0) is 49.7 Å². The molecular formula is C21H25F2N3O4S. The summed E-state index contributed by atoms with van der Waals surface area (Å²) in [4.78, 5) is 13.4. The summed E-state index contributed by atoms with van der Waals surface area (Å²) in [6.07, 6.45) is 0. The number of rotatable bonds is 6. The molecule has 168 valence electrons. The number of hydrogen-bond acceptors (Lipinski definition) is 4. The van der Waals surface area contributed by atoms with Crippen molar-refractivity contribution in [2.24, 2.45) is 0 Å². The van der Waals surface area contributed by atoms with Gasteiger partial charge in [0.1, 0.15) is 22.3 Å². The molecule has 1 saturated heterocycles. The number of hydrogen-bond donors (Lipinski definition) is 1. The fourth-order valence-corrected chi connectivity index (χ4v) is 4.84. The lowest BCUT2D eigenvalue weighted by Gasteiger charge is -2.34. The van der Waals surface area contributed by atoms with Crippen LogP contribution < -0.4 is 10.1 Å². The largest absolute Gasteiger partial charge is 0.494 e. The van der Waals surface area contributed by atoms with Crippen LogP contribution in [0, 0.1) is 11.6 Å². The van der Waals surface area contributed by atoms with Gasteiger partial charge < -0.3 is 15.0 Å². The number of benzene rings is 2. The van der Waals surface area contributed by atoms with Gasteiger partial charge in [0.15, 0.2) is 0 Å². The van der Waals surface area contributed by atoms with Crippen molar-refractivity contribution in [2.45, 2.75) is 24.8 Å². The molecule has 2 aromatic carbocycles. The Morgan fingerprint density at radius 3 is 2.52 bits per heavy atom. The fraction of sp³-hybridized carbons (Fsp3) is 0.381. The van der Waals surface area contributed by atoms with Crippen LogP contribution in [0.15, 0.2) is 47.4 Å². The van der Waals surface area contributed by atoms with Gasteiger partial charge in [0.25, 0.3) is 0 Å². The SMILES string of the molecule is CCOc1cccc(C(C)NC(=O)N2CCN(S(=O)(=O)c3cc(F)ccc3F)CC2)c1. The zero-order valence-corrected chi connectivity index (χ0v) is 18.2. The third kappa shape index (κ3) is 5.31. The average Bonchev–Trinajstić information content (AvgIpc) is 2.76. The van der Waals surface area contributed by atoms with Crippen LogP contribution in [0.25, 0.3) is 0 Å². The second kappa shape index (κ2) is 9.61. The molecule has 2 amide bonds. The van der Waals surface area contributed by atoms with E-state index in [9.17, 15) is 22.0 Å². The normalized spacial score (nSPS) is 16.1. The van der Waals surface area contributed by atoms with E-state index in [4.69, 9.17) is 4.74 Å². The number of ether oxygens (including phenoxy) is 1. The topological polar surface area (TPSA) is 79.0 Å². The standard InChI is InChI=1S/C21H25F2N3O4S/c1-3-30-18-6-4-5-16(13-18)15(2)24-21(27)25-9-11-26(12-10-25)31(28,29)20-14-17(22)7-8-19(20)23/h4-8,13-15H,3,9-12H2,1-2H3,(H,24,27). The third-order valence-corrected chi connectivity index (χ3v) is 6.96. The number of urea groups is 1. The minimum Gasteiger partial charge on any atom is -0.494 e. The van der Waals surface area contributed by atoms with Crippen LogP contribution in [0.4, 0.5) is 13.6 Å². The maximum absolute atomic E-state index is 14.0. The van der Waals surface area contributed by atoms with E-state index in [1.807, 2.05) is 38.1 Å². The molecule has 0 aliphatic carbocycles. The van der Waals surface area contributed by atoms with Crippen molar-refractivity contribution < 1.29 is 26.7 Å². The number of carbonyl (C=O) groups excluding carboxylic acids is 1. The van der Waals surface area contributed by atoms with Crippen molar-refractivity contribution in [2.75, 3.05) is 32.8 Å². The molecule has 0 bridgehead atoms. The Balaban J connectivity index is 1.61. The monoisotopic (exact) mass is 453 g/mol. The molecule has 0 saturated carbocycles. The Kier molecular flexibility index (Phi) is 7.11. The average molecular weight is 454 g/mol. The van der Waals surface area contributed by atoms with Gasteiger partial charge in [0, 0.05) is 26.2 Å². The molecule has 1 aliphatic rings. The molecule has 1 atom stereocenters. The number of amides is 2. The smallest absolute Gasteiger partial charge is 0.317 e. The number of nitrogens with one attached hydrogen (secondary N) is 1. The van der Waals surface area contributed by atoms with E-state index in [2.05, 4.69) is 5.32 Å². The molecule has 31 heavy (non-hydrogen) atoms. The summed E-state index contributed by atoms with van der Waals surface area (Å²) in [6.45, 7) is 4.51. The van der Waals surface area contributed by atoms with Crippen molar-refractivity contribution in [3.63, 3.8) is 0 Å². The molecule has 1 fully saturated rings. The Morgan fingerprint density at radius 1 is 1.13 bits per heavy atom.